The first-order chi connectivity index (χ1) is 12.7. The van der Waals surface area contributed by atoms with E-state index in [4.69, 9.17) is 9.84 Å². The fourth-order valence-electron chi connectivity index (χ4n) is 2.21. The Bertz CT molecular complexity index is 558. The predicted molar refractivity (Wildman–Crippen MR) is 93.3 cm³/mol. The number of aliphatic hydroxyl groups excluding tert-OH is 3. The van der Waals surface area contributed by atoms with Gasteiger partial charge in [0.1, 0.15) is 12.7 Å². The highest BCUT2D eigenvalue weighted by atomic mass is 19.3. The summed E-state index contributed by atoms with van der Waals surface area (Å²) >= 11 is 0. The Kier molecular flexibility index (Phi) is 9.57. The van der Waals surface area contributed by atoms with Gasteiger partial charge < -0.3 is 29.7 Å². The minimum absolute atomic E-state index is 0.0288. The fourth-order valence-corrected chi connectivity index (χ4v) is 2.21. The molecule has 0 aliphatic carbocycles. The van der Waals surface area contributed by atoms with E-state index in [1.807, 2.05) is 0 Å². The summed E-state index contributed by atoms with van der Waals surface area (Å²) in [5, 5.41) is 28.2. The molecule has 0 heterocycles. The van der Waals surface area contributed by atoms with Crippen molar-refractivity contribution in [1.82, 2.24) is 4.90 Å². The molecule has 1 amide bonds. The van der Waals surface area contributed by atoms with Gasteiger partial charge in [-0.1, -0.05) is 30.3 Å². The highest BCUT2D eigenvalue weighted by Gasteiger charge is 2.46. The topological polar surface area (TPSA) is 99.5 Å². The third kappa shape index (κ3) is 7.37. The van der Waals surface area contributed by atoms with Gasteiger partial charge >= 0.3 is 12.0 Å². The number of nitrogens with zero attached hydrogens (tertiary/aromatic N) is 1. The zero-order valence-corrected chi connectivity index (χ0v) is 15.4. The number of aliphatic hydroxyl groups is 3. The van der Waals surface area contributed by atoms with E-state index in [-0.39, 0.29) is 25.8 Å². The van der Waals surface area contributed by atoms with E-state index in [1.165, 1.54) is 0 Å². The first kappa shape index (κ1) is 23.2. The molecule has 0 aliphatic rings. The molecular weight excluding hydrogens is 364 g/mol. The maximum atomic E-state index is 14.1. The van der Waals surface area contributed by atoms with Crippen molar-refractivity contribution in [3.05, 3.63) is 35.9 Å². The van der Waals surface area contributed by atoms with Crippen LogP contribution in [0.2, 0.25) is 0 Å². The Morgan fingerprint density at radius 2 is 1.74 bits per heavy atom. The number of carbonyl (C=O) groups excluding carboxylic acids is 1. The lowest BCUT2D eigenvalue weighted by Crippen LogP contribution is -2.50. The minimum Gasteiger partial charge on any atom is -0.446 e. The van der Waals surface area contributed by atoms with E-state index in [1.54, 1.807) is 44.2 Å². The van der Waals surface area contributed by atoms with Crippen LogP contribution in [0, 0.1) is 0 Å². The van der Waals surface area contributed by atoms with E-state index in [0.717, 1.165) is 10.5 Å². The number of ether oxygens (including phenoxy) is 2. The lowest BCUT2D eigenvalue weighted by Gasteiger charge is -2.29. The molecule has 0 aliphatic heterocycles. The summed E-state index contributed by atoms with van der Waals surface area (Å²) in [5.74, 6) is -3.93. The summed E-state index contributed by atoms with van der Waals surface area (Å²) in [6, 6.07) is 8.49. The van der Waals surface area contributed by atoms with Crippen molar-refractivity contribution in [1.29, 1.82) is 0 Å². The molecule has 3 N–H and O–H groups in total. The average Bonchev–Trinajstić information content (AvgIpc) is 2.64. The number of halogens is 2. The van der Waals surface area contributed by atoms with Crippen molar-refractivity contribution in [2.24, 2.45) is 0 Å². The second kappa shape index (κ2) is 11.1. The summed E-state index contributed by atoms with van der Waals surface area (Å²) in [5.41, 5.74) is 0.750. The molecule has 0 saturated heterocycles. The molecule has 0 radical (unpaired) electrons. The van der Waals surface area contributed by atoms with E-state index in [9.17, 15) is 23.8 Å². The molecule has 1 aromatic carbocycles. The summed E-state index contributed by atoms with van der Waals surface area (Å²) in [4.78, 5) is 13.0. The monoisotopic (exact) mass is 391 g/mol. The summed E-state index contributed by atoms with van der Waals surface area (Å²) in [6.45, 7) is 1.31. The Hall–Kier alpha value is -1.81. The normalized spacial score (nSPS) is 14.1. The number of alkyl halides is 2. The van der Waals surface area contributed by atoms with Crippen LogP contribution in [0.1, 0.15) is 19.4 Å². The van der Waals surface area contributed by atoms with Gasteiger partial charge in [-0.15, -0.1) is 0 Å². The largest absolute Gasteiger partial charge is 0.446 e. The van der Waals surface area contributed by atoms with Gasteiger partial charge in [-0.25, -0.2) is 13.6 Å². The fraction of sp³-hybridized carbons (Fsp3) is 0.611. The Morgan fingerprint density at radius 1 is 1.15 bits per heavy atom. The molecule has 0 bridgehead atoms. The van der Waals surface area contributed by atoms with E-state index in [0.29, 0.717) is 0 Å². The highest BCUT2D eigenvalue weighted by Crippen LogP contribution is 2.24. The number of hydrogen-bond donors (Lipinski definition) is 3. The second-order valence-electron chi connectivity index (χ2n) is 6.29. The molecule has 9 heteroatoms. The summed E-state index contributed by atoms with van der Waals surface area (Å²) in [6.07, 6.45) is -5.61. The first-order valence-corrected chi connectivity index (χ1v) is 8.60. The van der Waals surface area contributed by atoms with Crippen molar-refractivity contribution in [2.45, 2.75) is 44.6 Å². The summed E-state index contributed by atoms with van der Waals surface area (Å²) < 4.78 is 37.9. The molecule has 1 rings (SSSR count). The summed E-state index contributed by atoms with van der Waals surface area (Å²) in [7, 11) is 0. The van der Waals surface area contributed by atoms with Crippen LogP contribution in [0.5, 0.6) is 0 Å². The van der Waals surface area contributed by atoms with Crippen LogP contribution in [0.4, 0.5) is 13.6 Å². The Morgan fingerprint density at radius 3 is 2.30 bits per heavy atom. The molecule has 0 unspecified atom stereocenters. The lowest BCUT2D eigenvalue weighted by molar-refractivity contribution is -0.200. The van der Waals surface area contributed by atoms with E-state index < -0.39 is 37.4 Å². The quantitative estimate of drug-likeness (QED) is 0.527. The van der Waals surface area contributed by atoms with Crippen molar-refractivity contribution < 1.29 is 38.4 Å². The molecular formula is C18H27F2NO6. The van der Waals surface area contributed by atoms with Crippen LogP contribution < -0.4 is 0 Å². The lowest BCUT2D eigenvalue weighted by atomic mass is 10.1. The molecule has 27 heavy (non-hydrogen) atoms. The Balaban J connectivity index is 2.48. The number of carbonyl (C=O) groups is 1. The number of amides is 1. The maximum absolute atomic E-state index is 14.1. The van der Waals surface area contributed by atoms with E-state index in [2.05, 4.69) is 4.74 Å². The number of hydrogen-bond acceptors (Lipinski definition) is 6. The Labute approximate surface area is 157 Å². The second-order valence-corrected chi connectivity index (χ2v) is 6.29. The van der Waals surface area contributed by atoms with Gasteiger partial charge in [-0.05, 0) is 19.4 Å². The molecule has 1 aromatic rings. The van der Waals surface area contributed by atoms with Crippen LogP contribution in [0.3, 0.4) is 0 Å². The van der Waals surface area contributed by atoms with Crippen molar-refractivity contribution in [3.8, 4) is 0 Å². The predicted octanol–water partition coefficient (Wildman–Crippen LogP) is 1.40. The van der Waals surface area contributed by atoms with Gasteiger partial charge in [-0.2, -0.15) is 0 Å². The number of rotatable bonds is 11. The van der Waals surface area contributed by atoms with Crippen molar-refractivity contribution in [3.63, 3.8) is 0 Å². The van der Waals surface area contributed by atoms with Crippen molar-refractivity contribution in [2.75, 3.05) is 26.4 Å². The van der Waals surface area contributed by atoms with Gasteiger partial charge in [0, 0.05) is 12.6 Å². The molecule has 2 atom stereocenters. The SMILES string of the molecule is CC(C)N(CCO)C(=O)OC[C@H](O)C(F)(F)[C@H](O)COCc1ccccc1. The maximum Gasteiger partial charge on any atom is 0.410 e. The molecule has 0 aromatic heterocycles. The number of benzene rings is 1. The van der Waals surface area contributed by atoms with Gasteiger partial charge in [0.25, 0.3) is 0 Å². The third-order valence-corrected chi connectivity index (χ3v) is 3.84. The smallest absolute Gasteiger partial charge is 0.410 e. The van der Waals surface area contributed by atoms with Crippen LogP contribution in [0.15, 0.2) is 30.3 Å². The first-order valence-electron chi connectivity index (χ1n) is 8.60. The zero-order valence-electron chi connectivity index (χ0n) is 15.4. The van der Waals surface area contributed by atoms with Gasteiger partial charge in [0.05, 0.1) is 19.8 Å². The van der Waals surface area contributed by atoms with Crippen LogP contribution in [-0.4, -0.2) is 76.9 Å². The third-order valence-electron chi connectivity index (χ3n) is 3.84. The minimum atomic E-state index is -3.93. The molecule has 0 saturated carbocycles. The standard InChI is InChI=1S/C18H27F2NO6/c1-13(2)21(8-9-22)17(25)27-12-16(24)18(19,20)15(23)11-26-10-14-6-4-3-5-7-14/h3-7,13,15-16,22-24H,8-12H2,1-2H3/t15-,16+/m1/s1. The molecule has 0 fully saturated rings. The molecule has 0 spiro atoms. The highest BCUT2D eigenvalue weighted by molar-refractivity contribution is 5.68. The van der Waals surface area contributed by atoms with Gasteiger partial charge in [0.2, 0.25) is 0 Å². The zero-order chi connectivity index (χ0) is 20.4. The van der Waals surface area contributed by atoms with E-state index >= 15 is 0 Å². The molecule has 7 nitrogen and oxygen atoms in total. The van der Waals surface area contributed by atoms with Crippen LogP contribution in [0.25, 0.3) is 0 Å². The van der Waals surface area contributed by atoms with Gasteiger partial charge in [-0.3, -0.25) is 0 Å². The van der Waals surface area contributed by atoms with Crippen LogP contribution in [-0.2, 0) is 16.1 Å². The molecule has 154 valence electrons. The van der Waals surface area contributed by atoms with Gasteiger partial charge in [0.15, 0.2) is 6.10 Å². The van der Waals surface area contributed by atoms with Crippen LogP contribution >= 0.6 is 0 Å². The van der Waals surface area contributed by atoms with Crippen molar-refractivity contribution >= 4 is 6.09 Å². The average molecular weight is 391 g/mol.